The average Bonchev–Trinajstić information content (AvgIpc) is 3.24. The van der Waals surface area contributed by atoms with Crippen LogP contribution in [0.4, 0.5) is 5.69 Å². The summed E-state index contributed by atoms with van der Waals surface area (Å²) in [5.74, 6) is 0.324. The maximum atomic E-state index is 4.28. The van der Waals surface area contributed by atoms with Crippen LogP contribution in [0.5, 0.6) is 0 Å². The second-order valence-electron chi connectivity index (χ2n) is 15.3. The Hall–Kier alpha value is -6.18. The standard InChI is InChI=1S/C58H63N/c1-10-21-47(13-4)58-42-57(38-33-51(58)26-20-25-46(12-3)48(14-5)39-43(6)7)59(56-36-31-50(32-37-56)54-28-27-45(9)52(41-54)22-11-2)55-34-29-49(30-35-55)53-24-19-17-15-16-18-23-44(8)40-53/h10-16,18-25,27-31,33-41,50,57H,5-6,8,17,26,32,42H2,1-4,7,9H3/b16-15-,21-10-,22-11-,23-18-,24-19?,25-20-,46-12+,47-13+,48-39+,53-40?. The molecule has 0 spiro atoms. The molecule has 3 aliphatic rings. The van der Waals surface area contributed by atoms with Gasteiger partial charge in [-0.1, -0.05) is 177 Å². The van der Waals surface area contributed by atoms with Crippen molar-refractivity contribution < 1.29 is 0 Å². The van der Waals surface area contributed by atoms with E-state index in [0.717, 1.165) is 53.5 Å². The van der Waals surface area contributed by atoms with Crippen molar-refractivity contribution in [3.05, 3.63) is 257 Å². The number of benzene rings is 2. The van der Waals surface area contributed by atoms with Crippen LogP contribution in [0.3, 0.4) is 0 Å². The van der Waals surface area contributed by atoms with Gasteiger partial charge in [0.25, 0.3) is 0 Å². The van der Waals surface area contributed by atoms with E-state index in [1.165, 1.54) is 50.4 Å². The molecule has 2 aromatic rings. The van der Waals surface area contributed by atoms with Gasteiger partial charge < -0.3 is 4.90 Å². The monoisotopic (exact) mass is 773 g/mol. The normalized spacial score (nSPS) is 20.4. The minimum Gasteiger partial charge on any atom is -0.334 e. The number of aryl methyl sites for hydroxylation is 1. The second-order valence-corrected chi connectivity index (χ2v) is 15.3. The molecule has 0 amide bonds. The Morgan fingerprint density at radius 1 is 0.864 bits per heavy atom. The van der Waals surface area contributed by atoms with E-state index in [2.05, 4.69) is 229 Å². The summed E-state index contributed by atoms with van der Waals surface area (Å²) in [5, 5.41) is 0. The molecule has 0 fully saturated rings. The van der Waals surface area contributed by atoms with Crippen molar-refractivity contribution in [3.8, 4) is 0 Å². The van der Waals surface area contributed by atoms with Crippen molar-refractivity contribution in [2.75, 3.05) is 4.90 Å². The molecule has 3 aliphatic carbocycles. The largest absolute Gasteiger partial charge is 0.334 e. The summed E-state index contributed by atoms with van der Waals surface area (Å²) in [6.45, 7) is 25.1. The van der Waals surface area contributed by atoms with E-state index in [0.29, 0.717) is 5.92 Å². The minimum absolute atomic E-state index is 0.110. The summed E-state index contributed by atoms with van der Waals surface area (Å²) in [5.41, 5.74) is 16.9. The molecule has 0 bridgehead atoms. The Bertz CT molecular complexity index is 2320. The fourth-order valence-electron chi connectivity index (χ4n) is 7.87. The van der Waals surface area contributed by atoms with Gasteiger partial charge in [-0.15, -0.1) is 0 Å². The summed E-state index contributed by atoms with van der Waals surface area (Å²) in [6.07, 6.45) is 52.1. The molecule has 2 unspecified atom stereocenters. The molecular formula is C58H63N. The predicted octanol–water partition coefficient (Wildman–Crippen LogP) is 16.2. The first-order valence-corrected chi connectivity index (χ1v) is 21.1. The first kappa shape index (κ1) is 43.9. The number of anilines is 1. The number of hydrogen-bond donors (Lipinski definition) is 0. The van der Waals surface area contributed by atoms with Gasteiger partial charge in [0.2, 0.25) is 0 Å². The van der Waals surface area contributed by atoms with Gasteiger partial charge in [-0.25, -0.2) is 0 Å². The van der Waals surface area contributed by atoms with Crippen LogP contribution in [-0.4, -0.2) is 6.04 Å². The van der Waals surface area contributed by atoms with Gasteiger partial charge in [-0.05, 0) is 153 Å². The van der Waals surface area contributed by atoms with Crippen LogP contribution in [0.2, 0.25) is 0 Å². The van der Waals surface area contributed by atoms with Crippen LogP contribution in [-0.2, 0) is 0 Å². The average molecular weight is 774 g/mol. The van der Waals surface area contributed by atoms with Crippen molar-refractivity contribution in [1.29, 1.82) is 0 Å². The molecule has 2 aromatic carbocycles. The summed E-state index contributed by atoms with van der Waals surface area (Å²) in [7, 11) is 0. The van der Waals surface area contributed by atoms with Crippen molar-refractivity contribution in [3.63, 3.8) is 0 Å². The Morgan fingerprint density at radius 2 is 1.68 bits per heavy atom. The van der Waals surface area contributed by atoms with Crippen molar-refractivity contribution >= 4 is 17.3 Å². The van der Waals surface area contributed by atoms with E-state index in [1.807, 2.05) is 13.0 Å². The third-order valence-corrected chi connectivity index (χ3v) is 10.9. The molecule has 2 atom stereocenters. The van der Waals surface area contributed by atoms with E-state index in [-0.39, 0.29) is 6.04 Å². The quantitative estimate of drug-likeness (QED) is 0.173. The Labute approximate surface area is 356 Å². The van der Waals surface area contributed by atoms with Gasteiger partial charge in [0.15, 0.2) is 0 Å². The van der Waals surface area contributed by atoms with Gasteiger partial charge in [0, 0.05) is 17.3 Å². The van der Waals surface area contributed by atoms with E-state index < -0.39 is 0 Å². The Balaban J connectivity index is 1.53. The van der Waals surface area contributed by atoms with Gasteiger partial charge in [-0.3, -0.25) is 0 Å². The highest BCUT2D eigenvalue weighted by Gasteiger charge is 2.27. The summed E-state index contributed by atoms with van der Waals surface area (Å²) >= 11 is 0. The third kappa shape index (κ3) is 11.9. The van der Waals surface area contributed by atoms with Crippen molar-refractivity contribution in [1.82, 2.24) is 0 Å². The first-order chi connectivity index (χ1) is 28.7. The fourth-order valence-corrected chi connectivity index (χ4v) is 7.87. The second kappa shape index (κ2) is 22.1. The number of rotatable bonds is 14. The van der Waals surface area contributed by atoms with Gasteiger partial charge in [0.1, 0.15) is 0 Å². The molecule has 0 aliphatic heterocycles. The van der Waals surface area contributed by atoms with Crippen molar-refractivity contribution in [2.45, 2.75) is 79.2 Å². The maximum absolute atomic E-state index is 4.28. The molecular weight excluding hydrogens is 711 g/mol. The molecule has 1 heteroatoms. The highest BCUT2D eigenvalue weighted by atomic mass is 15.2. The summed E-state index contributed by atoms with van der Waals surface area (Å²) in [4.78, 5) is 2.55. The van der Waals surface area contributed by atoms with Crippen LogP contribution in [0, 0.1) is 6.92 Å². The first-order valence-electron chi connectivity index (χ1n) is 21.1. The summed E-state index contributed by atoms with van der Waals surface area (Å²) < 4.78 is 0. The SMILES string of the molecule is C=CC(=C\C(=C)C)/C(/C=C\CC1=C(C(/C=C\C)=C/C)CC(N(C2=CCC(c3ccc(C)c(/C=C\C)c3)C=C2)c2ccc(C3=CC(=C)/C=C\C=C/CC=C3)cc2)C=C1)=C/C. The summed E-state index contributed by atoms with van der Waals surface area (Å²) in [6, 6.07) is 16.1. The van der Waals surface area contributed by atoms with E-state index in [9.17, 15) is 0 Å². The van der Waals surface area contributed by atoms with Crippen LogP contribution in [0.25, 0.3) is 11.6 Å². The molecule has 0 saturated carbocycles. The minimum atomic E-state index is 0.110. The zero-order valence-corrected chi connectivity index (χ0v) is 36.3. The molecule has 5 rings (SSSR count). The van der Waals surface area contributed by atoms with Crippen molar-refractivity contribution in [2.24, 2.45) is 0 Å². The lowest BCUT2D eigenvalue weighted by Gasteiger charge is -2.37. The van der Waals surface area contributed by atoms with Gasteiger partial charge >= 0.3 is 0 Å². The van der Waals surface area contributed by atoms with E-state index >= 15 is 0 Å². The molecule has 0 saturated heterocycles. The number of hydrogen-bond acceptors (Lipinski definition) is 1. The van der Waals surface area contributed by atoms with Crippen LogP contribution in [0.1, 0.15) is 88.5 Å². The molecule has 0 radical (unpaired) electrons. The van der Waals surface area contributed by atoms with Gasteiger partial charge in [0.05, 0.1) is 6.04 Å². The zero-order chi connectivity index (χ0) is 42.1. The molecule has 300 valence electrons. The van der Waals surface area contributed by atoms with Crippen LogP contribution < -0.4 is 4.90 Å². The van der Waals surface area contributed by atoms with E-state index in [1.54, 1.807) is 0 Å². The van der Waals surface area contributed by atoms with E-state index in [4.69, 9.17) is 0 Å². The Morgan fingerprint density at radius 3 is 2.36 bits per heavy atom. The Kier molecular flexibility index (Phi) is 16.5. The highest BCUT2D eigenvalue weighted by Crippen LogP contribution is 2.38. The third-order valence-electron chi connectivity index (χ3n) is 10.9. The number of nitrogens with zero attached hydrogens (tertiary/aromatic N) is 1. The van der Waals surface area contributed by atoms with Crippen LogP contribution >= 0.6 is 0 Å². The molecule has 0 heterocycles. The lowest BCUT2D eigenvalue weighted by atomic mass is 9.85. The number of allylic oxidation sites excluding steroid dienone is 27. The predicted molar refractivity (Wildman–Crippen MR) is 262 cm³/mol. The molecule has 59 heavy (non-hydrogen) atoms. The topological polar surface area (TPSA) is 3.24 Å². The smallest absolute Gasteiger partial charge is 0.0565 e. The molecule has 0 aromatic heterocycles. The fraction of sp³-hybridized carbons (Fsp3) is 0.207. The van der Waals surface area contributed by atoms with Crippen LogP contribution in [0.15, 0.2) is 235 Å². The van der Waals surface area contributed by atoms with Gasteiger partial charge in [-0.2, -0.15) is 0 Å². The maximum Gasteiger partial charge on any atom is 0.0565 e. The lowest BCUT2D eigenvalue weighted by molar-refractivity contribution is 0.722. The zero-order valence-electron chi connectivity index (χ0n) is 36.3. The molecule has 1 nitrogen and oxygen atoms in total. The molecule has 0 N–H and O–H groups in total. The lowest BCUT2D eigenvalue weighted by Crippen LogP contribution is -2.35. The highest BCUT2D eigenvalue weighted by molar-refractivity contribution is 5.78.